The van der Waals surface area contributed by atoms with Crippen LogP contribution in [-0.2, 0) is 4.79 Å². The van der Waals surface area contributed by atoms with Crippen LogP contribution in [0.3, 0.4) is 0 Å². The molecule has 2 rings (SSSR count). The first-order valence-corrected chi connectivity index (χ1v) is 6.94. The number of aryl methyl sites for hydroxylation is 1. The number of amides is 1. The Morgan fingerprint density at radius 1 is 1.32 bits per heavy atom. The largest absolute Gasteiger partial charge is 0.348 e. The number of carbonyl (C=O) groups is 1. The molecule has 0 spiro atoms. The molecule has 0 saturated carbocycles. The molecule has 1 aliphatic rings. The van der Waals surface area contributed by atoms with E-state index in [0.717, 1.165) is 31.7 Å². The Bertz CT molecular complexity index is 410. The molecule has 1 saturated heterocycles. The lowest BCUT2D eigenvalue weighted by molar-refractivity contribution is -0.123. The summed E-state index contributed by atoms with van der Waals surface area (Å²) in [4.78, 5) is 14.2. The molecule has 4 heteroatoms. The molecule has 0 bridgehead atoms. The van der Waals surface area contributed by atoms with Gasteiger partial charge in [-0.1, -0.05) is 29.8 Å². The summed E-state index contributed by atoms with van der Waals surface area (Å²) in [6.45, 7) is 8.44. The van der Waals surface area contributed by atoms with Gasteiger partial charge in [-0.05, 0) is 19.4 Å². The first-order chi connectivity index (χ1) is 9.15. The van der Waals surface area contributed by atoms with Gasteiger partial charge < -0.3 is 10.6 Å². The monoisotopic (exact) mass is 261 g/mol. The standard InChI is InChI=1S/C15H23N3O/c1-12-3-5-14(6-4-12)13(2)17-15(19)11-18-9-7-16-8-10-18/h3-6,13,16H,7-11H2,1-2H3,(H,17,19). The molecule has 19 heavy (non-hydrogen) atoms. The molecule has 1 aliphatic heterocycles. The van der Waals surface area contributed by atoms with E-state index in [0.29, 0.717) is 6.54 Å². The fourth-order valence-electron chi connectivity index (χ4n) is 2.30. The van der Waals surface area contributed by atoms with Gasteiger partial charge in [0, 0.05) is 26.2 Å². The molecule has 1 fully saturated rings. The lowest BCUT2D eigenvalue weighted by Crippen LogP contribution is -2.47. The van der Waals surface area contributed by atoms with Crippen LogP contribution in [0, 0.1) is 6.92 Å². The summed E-state index contributed by atoms with van der Waals surface area (Å²) in [6, 6.07) is 8.37. The third kappa shape index (κ3) is 4.33. The Morgan fingerprint density at radius 3 is 2.58 bits per heavy atom. The van der Waals surface area contributed by atoms with Crippen LogP contribution in [0.25, 0.3) is 0 Å². The van der Waals surface area contributed by atoms with Crippen molar-refractivity contribution in [3.8, 4) is 0 Å². The lowest BCUT2D eigenvalue weighted by Gasteiger charge is -2.27. The second-order valence-corrected chi connectivity index (χ2v) is 5.23. The highest BCUT2D eigenvalue weighted by molar-refractivity contribution is 5.78. The maximum absolute atomic E-state index is 12.0. The van der Waals surface area contributed by atoms with Gasteiger partial charge in [-0.3, -0.25) is 9.69 Å². The first-order valence-electron chi connectivity index (χ1n) is 6.94. The van der Waals surface area contributed by atoms with E-state index in [4.69, 9.17) is 0 Å². The fourth-order valence-corrected chi connectivity index (χ4v) is 2.30. The van der Waals surface area contributed by atoms with Gasteiger partial charge in [0.05, 0.1) is 12.6 Å². The number of nitrogens with zero attached hydrogens (tertiary/aromatic N) is 1. The molecule has 2 N–H and O–H groups in total. The Labute approximate surface area is 115 Å². The lowest BCUT2D eigenvalue weighted by atomic mass is 10.1. The third-order valence-corrected chi connectivity index (χ3v) is 3.53. The van der Waals surface area contributed by atoms with Crippen molar-refractivity contribution in [1.82, 2.24) is 15.5 Å². The van der Waals surface area contributed by atoms with E-state index in [9.17, 15) is 4.79 Å². The van der Waals surface area contributed by atoms with Crippen molar-refractivity contribution in [3.63, 3.8) is 0 Å². The van der Waals surface area contributed by atoms with Gasteiger partial charge in [0.2, 0.25) is 5.91 Å². The van der Waals surface area contributed by atoms with Gasteiger partial charge in [-0.15, -0.1) is 0 Å². The van der Waals surface area contributed by atoms with Gasteiger partial charge in [0.1, 0.15) is 0 Å². The van der Waals surface area contributed by atoms with Gasteiger partial charge in [0.25, 0.3) is 0 Å². The maximum Gasteiger partial charge on any atom is 0.234 e. The number of piperazine rings is 1. The minimum atomic E-state index is 0.0658. The molecular formula is C15H23N3O. The van der Waals surface area contributed by atoms with Gasteiger partial charge in [-0.2, -0.15) is 0 Å². The molecule has 1 unspecified atom stereocenters. The van der Waals surface area contributed by atoms with Crippen LogP contribution >= 0.6 is 0 Å². The maximum atomic E-state index is 12.0. The molecule has 0 aromatic heterocycles. The zero-order valence-corrected chi connectivity index (χ0v) is 11.8. The van der Waals surface area contributed by atoms with E-state index >= 15 is 0 Å². The Balaban J connectivity index is 1.82. The highest BCUT2D eigenvalue weighted by atomic mass is 16.2. The second-order valence-electron chi connectivity index (χ2n) is 5.23. The second kappa shape index (κ2) is 6.68. The summed E-state index contributed by atoms with van der Waals surface area (Å²) < 4.78 is 0. The zero-order valence-electron chi connectivity index (χ0n) is 11.8. The number of carbonyl (C=O) groups excluding carboxylic acids is 1. The fraction of sp³-hybridized carbons (Fsp3) is 0.533. The first kappa shape index (κ1) is 14.0. The highest BCUT2D eigenvalue weighted by Crippen LogP contribution is 2.12. The summed E-state index contributed by atoms with van der Waals surface area (Å²) in [5.74, 6) is 0.106. The van der Waals surface area contributed by atoms with Crippen LogP contribution in [0.4, 0.5) is 0 Å². The molecule has 1 aromatic carbocycles. The van der Waals surface area contributed by atoms with Gasteiger partial charge >= 0.3 is 0 Å². The van der Waals surface area contributed by atoms with Crippen molar-refractivity contribution in [1.29, 1.82) is 0 Å². The van der Waals surface area contributed by atoms with Crippen LogP contribution < -0.4 is 10.6 Å². The molecule has 1 amide bonds. The molecular weight excluding hydrogens is 238 g/mol. The van der Waals surface area contributed by atoms with E-state index < -0.39 is 0 Å². The average Bonchev–Trinajstić information content (AvgIpc) is 2.40. The number of hydrogen-bond acceptors (Lipinski definition) is 3. The molecule has 0 aliphatic carbocycles. The van der Waals surface area contributed by atoms with Gasteiger partial charge in [-0.25, -0.2) is 0 Å². The molecule has 4 nitrogen and oxygen atoms in total. The number of hydrogen-bond donors (Lipinski definition) is 2. The molecule has 0 radical (unpaired) electrons. The predicted octanol–water partition coefficient (Wildman–Crippen LogP) is 1.08. The number of nitrogens with one attached hydrogen (secondary N) is 2. The van der Waals surface area contributed by atoms with Crippen LogP contribution in [0.5, 0.6) is 0 Å². The van der Waals surface area contributed by atoms with Crippen LogP contribution in [0.15, 0.2) is 24.3 Å². The minimum absolute atomic E-state index is 0.0658. The SMILES string of the molecule is Cc1ccc(C(C)NC(=O)CN2CCNCC2)cc1. The van der Waals surface area contributed by atoms with E-state index in [-0.39, 0.29) is 11.9 Å². The Hall–Kier alpha value is -1.39. The normalized spacial score (nSPS) is 18.0. The summed E-state index contributed by atoms with van der Waals surface area (Å²) in [5, 5.41) is 6.35. The van der Waals surface area contributed by atoms with E-state index in [1.807, 2.05) is 6.92 Å². The van der Waals surface area contributed by atoms with Crippen molar-refractivity contribution in [2.24, 2.45) is 0 Å². The highest BCUT2D eigenvalue weighted by Gasteiger charge is 2.15. The summed E-state index contributed by atoms with van der Waals surface area (Å²) >= 11 is 0. The number of rotatable bonds is 4. The minimum Gasteiger partial charge on any atom is -0.348 e. The van der Waals surface area contributed by atoms with Crippen LogP contribution in [0.2, 0.25) is 0 Å². The third-order valence-electron chi connectivity index (χ3n) is 3.53. The zero-order chi connectivity index (χ0) is 13.7. The quantitative estimate of drug-likeness (QED) is 0.852. The summed E-state index contributed by atoms with van der Waals surface area (Å²) in [5.41, 5.74) is 2.39. The Morgan fingerprint density at radius 2 is 1.95 bits per heavy atom. The molecule has 1 atom stereocenters. The van der Waals surface area contributed by atoms with Crippen molar-refractivity contribution >= 4 is 5.91 Å². The van der Waals surface area contributed by atoms with Crippen LogP contribution in [0.1, 0.15) is 24.1 Å². The average molecular weight is 261 g/mol. The smallest absolute Gasteiger partial charge is 0.234 e. The number of benzene rings is 1. The van der Waals surface area contributed by atoms with Crippen molar-refractivity contribution in [2.75, 3.05) is 32.7 Å². The topological polar surface area (TPSA) is 44.4 Å². The summed E-state index contributed by atoms with van der Waals surface area (Å²) in [6.07, 6.45) is 0. The van der Waals surface area contributed by atoms with Crippen molar-refractivity contribution in [2.45, 2.75) is 19.9 Å². The molecule has 104 valence electrons. The molecule has 1 heterocycles. The van der Waals surface area contributed by atoms with Gasteiger partial charge in [0.15, 0.2) is 0 Å². The van der Waals surface area contributed by atoms with Crippen LogP contribution in [-0.4, -0.2) is 43.5 Å². The molecule has 1 aromatic rings. The van der Waals surface area contributed by atoms with Crippen molar-refractivity contribution < 1.29 is 4.79 Å². The van der Waals surface area contributed by atoms with Crippen molar-refractivity contribution in [3.05, 3.63) is 35.4 Å². The predicted molar refractivity (Wildman–Crippen MR) is 77.0 cm³/mol. The summed E-state index contributed by atoms with van der Waals surface area (Å²) in [7, 11) is 0. The Kier molecular flexibility index (Phi) is 4.93. The van der Waals surface area contributed by atoms with E-state index in [1.165, 1.54) is 5.56 Å². The van der Waals surface area contributed by atoms with E-state index in [2.05, 4.69) is 46.7 Å². The van der Waals surface area contributed by atoms with E-state index in [1.54, 1.807) is 0 Å².